The Hall–Kier alpha value is -7.36. The predicted octanol–water partition coefficient (Wildman–Crippen LogP) is 15.5. The van der Waals surface area contributed by atoms with E-state index in [0.29, 0.717) is 0 Å². The first-order valence-electron chi connectivity index (χ1n) is 19.9. The van der Waals surface area contributed by atoms with Gasteiger partial charge in [0, 0.05) is 55.0 Å². The van der Waals surface area contributed by atoms with Gasteiger partial charge in [0.15, 0.2) is 0 Å². The summed E-state index contributed by atoms with van der Waals surface area (Å²) in [5.74, 6) is 0.790. The maximum absolute atomic E-state index is 6.80. The molecular formula is C55H39NO2. The van der Waals surface area contributed by atoms with Gasteiger partial charge in [-0.2, -0.15) is 0 Å². The fourth-order valence-corrected chi connectivity index (χ4v) is 9.24. The van der Waals surface area contributed by atoms with Crippen LogP contribution in [0.2, 0.25) is 0 Å². The first kappa shape index (κ1) is 33.9. The Bertz CT molecular complexity index is 3280. The Kier molecular flexibility index (Phi) is 7.67. The molecule has 2 aromatic heterocycles. The van der Waals surface area contributed by atoms with E-state index in [1.807, 2.05) is 18.2 Å². The Morgan fingerprint density at radius 3 is 2.10 bits per heavy atom. The molecule has 1 aliphatic carbocycles. The summed E-state index contributed by atoms with van der Waals surface area (Å²) in [5.41, 5.74) is 15.1. The molecule has 3 heteroatoms. The minimum Gasteiger partial charge on any atom is -0.455 e. The van der Waals surface area contributed by atoms with Crippen LogP contribution in [-0.2, 0) is 5.41 Å². The quantitative estimate of drug-likeness (QED) is 0.152. The van der Waals surface area contributed by atoms with Crippen molar-refractivity contribution in [2.24, 2.45) is 0 Å². The lowest BCUT2D eigenvalue weighted by Gasteiger charge is -2.30. The number of anilines is 3. The molecule has 0 amide bonds. The molecule has 0 N–H and O–H groups in total. The highest BCUT2D eigenvalue weighted by Gasteiger charge is 2.36. The normalized spacial score (nSPS) is 13.3. The van der Waals surface area contributed by atoms with Crippen molar-refractivity contribution >= 4 is 66.3 Å². The lowest BCUT2D eigenvalue weighted by atomic mass is 9.82. The minimum absolute atomic E-state index is 0.160. The van der Waals surface area contributed by atoms with Crippen molar-refractivity contribution in [1.82, 2.24) is 0 Å². The van der Waals surface area contributed by atoms with E-state index in [9.17, 15) is 0 Å². The number of benzene rings is 8. The molecule has 276 valence electrons. The number of hydrogen-bond donors (Lipinski definition) is 0. The fourth-order valence-electron chi connectivity index (χ4n) is 9.24. The van der Waals surface area contributed by atoms with Crippen molar-refractivity contribution in [1.29, 1.82) is 0 Å². The molecule has 10 aromatic rings. The Morgan fingerprint density at radius 2 is 1.22 bits per heavy atom. The smallest absolute Gasteiger partial charge is 0.143 e. The Morgan fingerprint density at radius 1 is 0.534 bits per heavy atom. The van der Waals surface area contributed by atoms with E-state index >= 15 is 0 Å². The van der Waals surface area contributed by atoms with E-state index in [2.05, 4.69) is 195 Å². The van der Waals surface area contributed by atoms with Gasteiger partial charge in [-0.15, -0.1) is 0 Å². The predicted molar refractivity (Wildman–Crippen MR) is 242 cm³/mol. The molecule has 0 aliphatic heterocycles. The van der Waals surface area contributed by atoms with Gasteiger partial charge in [0.25, 0.3) is 0 Å². The molecular weight excluding hydrogens is 707 g/mol. The Balaban J connectivity index is 1.09. The summed E-state index contributed by atoms with van der Waals surface area (Å²) in [5, 5.41) is 5.56. The van der Waals surface area contributed by atoms with Gasteiger partial charge in [-0.25, -0.2) is 0 Å². The summed E-state index contributed by atoms with van der Waals surface area (Å²) in [6, 6.07) is 62.8. The van der Waals surface area contributed by atoms with Crippen LogP contribution >= 0.6 is 0 Å². The highest BCUT2D eigenvalue weighted by molar-refractivity contribution is 6.10. The van der Waals surface area contributed by atoms with Crippen LogP contribution in [0.1, 0.15) is 36.3 Å². The second-order valence-corrected chi connectivity index (χ2v) is 15.7. The number of rotatable bonds is 7. The monoisotopic (exact) mass is 745 g/mol. The molecule has 0 saturated carbocycles. The van der Waals surface area contributed by atoms with Crippen LogP contribution in [0, 0.1) is 0 Å². The van der Waals surface area contributed by atoms with E-state index < -0.39 is 0 Å². The van der Waals surface area contributed by atoms with Gasteiger partial charge in [-0.1, -0.05) is 166 Å². The van der Waals surface area contributed by atoms with Gasteiger partial charge < -0.3 is 13.7 Å². The van der Waals surface area contributed by atoms with Crippen LogP contribution in [0.5, 0.6) is 0 Å². The molecule has 2 heterocycles. The SMILES string of the molecule is C=C/C=C(\c1cc2ccc3ccccc3c2o1)c1ccccc1N(c1ccc(-c2cccc3c2oc2ccccc23)cc1)c1ccc2c(c1)C(C)(C)c1ccccc1-2. The third-order valence-electron chi connectivity index (χ3n) is 12.1. The maximum atomic E-state index is 6.80. The molecule has 0 atom stereocenters. The van der Waals surface area contributed by atoms with Crippen LogP contribution in [-0.4, -0.2) is 0 Å². The van der Waals surface area contributed by atoms with Crippen LogP contribution < -0.4 is 4.90 Å². The van der Waals surface area contributed by atoms with Crippen LogP contribution in [0.4, 0.5) is 17.1 Å². The highest BCUT2D eigenvalue weighted by Crippen LogP contribution is 2.51. The first-order chi connectivity index (χ1) is 28.5. The van der Waals surface area contributed by atoms with Crippen LogP contribution in [0.3, 0.4) is 0 Å². The first-order valence-corrected chi connectivity index (χ1v) is 19.9. The van der Waals surface area contributed by atoms with Crippen molar-refractivity contribution in [3.63, 3.8) is 0 Å². The number of furan rings is 2. The topological polar surface area (TPSA) is 29.5 Å². The zero-order chi connectivity index (χ0) is 39.0. The molecule has 0 bridgehead atoms. The number of allylic oxidation sites excluding steroid dienone is 2. The van der Waals surface area contributed by atoms with Gasteiger partial charge in [-0.3, -0.25) is 0 Å². The summed E-state index contributed by atoms with van der Waals surface area (Å²) in [7, 11) is 0. The largest absolute Gasteiger partial charge is 0.455 e. The molecule has 1 aliphatic rings. The van der Waals surface area contributed by atoms with Crippen molar-refractivity contribution in [2.45, 2.75) is 19.3 Å². The molecule has 3 nitrogen and oxygen atoms in total. The lowest BCUT2D eigenvalue weighted by molar-refractivity contribution is 0.603. The number of hydrogen-bond acceptors (Lipinski definition) is 3. The van der Waals surface area contributed by atoms with Crippen LogP contribution in [0.25, 0.3) is 71.5 Å². The van der Waals surface area contributed by atoms with E-state index in [-0.39, 0.29) is 5.41 Å². The highest BCUT2D eigenvalue weighted by atomic mass is 16.3. The van der Waals surface area contributed by atoms with E-state index in [0.717, 1.165) is 88.8 Å². The zero-order valence-electron chi connectivity index (χ0n) is 32.4. The number of nitrogens with zero attached hydrogens (tertiary/aromatic N) is 1. The molecule has 11 rings (SSSR count). The summed E-state index contributed by atoms with van der Waals surface area (Å²) < 4.78 is 13.3. The second-order valence-electron chi connectivity index (χ2n) is 15.7. The van der Waals surface area contributed by atoms with Crippen LogP contribution in [0.15, 0.2) is 203 Å². The zero-order valence-corrected chi connectivity index (χ0v) is 32.4. The summed E-state index contributed by atoms with van der Waals surface area (Å²) in [4.78, 5) is 2.38. The number of fused-ring (bicyclic) bond motifs is 9. The van der Waals surface area contributed by atoms with Crippen molar-refractivity contribution in [2.75, 3.05) is 4.90 Å². The van der Waals surface area contributed by atoms with Crippen molar-refractivity contribution < 1.29 is 8.83 Å². The van der Waals surface area contributed by atoms with Gasteiger partial charge in [-0.05, 0) is 75.7 Å². The molecule has 0 fully saturated rings. The standard InChI is InChI=1S/C55H39NO2/c1-4-14-45(52-33-37-26-25-35-15-5-6-16-40(35)53(37)58-52)44-18-8-11-23-50(44)56(39-31-32-43-42-17-7-10-22-48(42)55(2,3)49(43)34-39)38-29-27-36(28-30-38)41-20-13-21-47-46-19-9-12-24-51(46)57-54(41)47/h4-34H,1H2,2-3H3/b45-14-. The van der Waals surface area contributed by atoms with Crippen molar-refractivity contribution in [3.8, 4) is 22.3 Å². The van der Waals surface area contributed by atoms with Gasteiger partial charge in [0.1, 0.15) is 22.5 Å². The fraction of sp³-hybridized carbons (Fsp3) is 0.0545. The number of para-hydroxylation sites is 3. The third kappa shape index (κ3) is 5.20. The lowest BCUT2D eigenvalue weighted by Crippen LogP contribution is -2.17. The van der Waals surface area contributed by atoms with E-state index in [1.165, 1.54) is 22.3 Å². The van der Waals surface area contributed by atoms with E-state index in [4.69, 9.17) is 8.83 Å². The van der Waals surface area contributed by atoms with Gasteiger partial charge in [0.2, 0.25) is 0 Å². The Labute approximate surface area is 337 Å². The second kappa shape index (κ2) is 13.1. The van der Waals surface area contributed by atoms with Gasteiger partial charge in [0.05, 0.1) is 5.69 Å². The molecule has 8 aromatic carbocycles. The maximum Gasteiger partial charge on any atom is 0.143 e. The molecule has 0 radical (unpaired) electrons. The molecule has 0 saturated heterocycles. The molecule has 58 heavy (non-hydrogen) atoms. The average Bonchev–Trinajstić information content (AvgIpc) is 3.94. The summed E-state index contributed by atoms with van der Waals surface area (Å²) in [6.45, 7) is 8.83. The summed E-state index contributed by atoms with van der Waals surface area (Å²) in [6.07, 6.45) is 3.92. The molecule has 0 unspecified atom stereocenters. The average molecular weight is 746 g/mol. The van der Waals surface area contributed by atoms with Crippen molar-refractivity contribution in [3.05, 3.63) is 217 Å². The third-order valence-corrected chi connectivity index (χ3v) is 12.1. The minimum atomic E-state index is -0.160. The van der Waals surface area contributed by atoms with E-state index in [1.54, 1.807) is 0 Å². The van der Waals surface area contributed by atoms with Gasteiger partial charge >= 0.3 is 0 Å². The summed E-state index contributed by atoms with van der Waals surface area (Å²) >= 11 is 0. The molecule has 0 spiro atoms.